The first-order valence-electron chi connectivity index (χ1n) is 13.8. The van der Waals surface area contributed by atoms with E-state index in [4.69, 9.17) is 22.1 Å². The highest BCUT2D eigenvalue weighted by Gasteiger charge is 2.47. The number of benzene rings is 3. The smallest absolute Gasteiger partial charge is 0.412 e. The number of halogens is 1. The number of rotatable bonds is 7. The fourth-order valence-electron chi connectivity index (χ4n) is 5.46. The van der Waals surface area contributed by atoms with E-state index in [1.807, 2.05) is 0 Å². The van der Waals surface area contributed by atoms with Gasteiger partial charge in [-0.1, -0.05) is 23.7 Å². The number of amides is 5. The maximum absolute atomic E-state index is 14.1. The van der Waals surface area contributed by atoms with Gasteiger partial charge in [-0.15, -0.1) is 0 Å². The van der Waals surface area contributed by atoms with Gasteiger partial charge in [0.05, 0.1) is 19.3 Å². The minimum Gasteiger partial charge on any atom is -0.453 e. The average Bonchev–Trinajstić information content (AvgIpc) is 3.01. The maximum Gasteiger partial charge on any atom is 0.412 e. The van der Waals surface area contributed by atoms with Crippen LogP contribution in [0, 0.1) is 0 Å². The Morgan fingerprint density at radius 1 is 1.07 bits per heavy atom. The van der Waals surface area contributed by atoms with E-state index in [0.717, 1.165) is 0 Å². The first-order valence-corrected chi connectivity index (χ1v) is 14.2. The van der Waals surface area contributed by atoms with Crippen LogP contribution in [0.3, 0.4) is 0 Å². The van der Waals surface area contributed by atoms with Crippen LogP contribution in [-0.4, -0.2) is 61.0 Å². The molecule has 2 atom stereocenters. The van der Waals surface area contributed by atoms with Gasteiger partial charge in [-0.05, 0) is 73.0 Å². The first kappa shape index (κ1) is 30.4. The van der Waals surface area contributed by atoms with Crippen LogP contribution in [0.15, 0.2) is 66.7 Å². The molecule has 0 unspecified atom stereocenters. The second-order valence-corrected chi connectivity index (χ2v) is 11.0. The molecule has 0 aromatic heterocycles. The summed E-state index contributed by atoms with van der Waals surface area (Å²) in [7, 11) is 1.24. The third-order valence-electron chi connectivity index (χ3n) is 7.62. The number of likely N-dealkylation sites (tertiary alicyclic amines) is 1. The summed E-state index contributed by atoms with van der Waals surface area (Å²) in [5.74, 6) is -1.48. The van der Waals surface area contributed by atoms with Crippen molar-refractivity contribution in [1.29, 1.82) is 0 Å². The van der Waals surface area contributed by atoms with Crippen LogP contribution in [0.2, 0.25) is 5.02 Å². The van der Waals surface area contributed by atoms with E-state index in [9.17, 15) is 24.0 Å². The molecule has 5 rings (SSSR count). The zero-order valence-corrected chi connectivity index (χ0v) is 24.5. The molecule has 0 bridgehead atoms. The average molecular weight is 620 g/mol. The summed E-state index contributed by atoms with van der Waals surface area (Å²) in [6.07, 6.45) is -0.154. The van der Waals surface area contributed by atoms with Crippen LogP contribution < -0.4 is 21.7 Å². The highest BCUT2D eigenvalue weighted by atomic mass is 35.5. The van der Waals surface area contributed by atoms with Crippen molar-refractivity contribution in [3.8, 4) is 0 Å². The molecule has 2 aliphatic heterocycles. The summed E-state index contributed by atoms with van der Waals surface area (Å²) in [5, 5.41) is 8.50. The number of carbonyl (C=O) groups is 5. The number of ether oxygens (including phenoxy) is 2. The Morgan fingerprint density at radius 2 is 1.77 bits per heavy atom. The van der Waals surface area contributed by atoms with Gasteiger partial charge in [0.2, 0.25) is 11.8 Å². The fraction of sp³-hybridized carbons (Fsp3) is 0.258. The summed E-state index contributed by atoms with van der Waals surface area (Å²) < 4.78 is 10.4. The van der Waals surface area contributed by atoms with Gasteiger partial charge in [-0.2, -0.15) is 0 Å². The molecule has 44 heavy (non-hydrogen) atoms. The first-order chi connectivity index (χ1) is 21.1. The summed E-state index contributed by atoms with van der Waals surface area (Å²) in [6, 6.07) is 16.6. The van der Waals surface area contributed by atoms with Gasteiger partial charge in [0.25, 0.3) is 5.91 Å². The topological polar surface area (TPSA) is 169 Å². The summed E-state index contributed by atoms with van der Waals surface area (Å²) in [5.41, 5.74) is 7.16. The molecule has 1 spiro atoms. The fourth-order valence-corrected chi connectivity index (χ4v) is 5.63. The summed E-state index contributed by atoms with van der Waals surface area (Å²) >= 11 is 6.29. The molecule has 12 nitrogen and oxygen atoms in total. The van der Waals surface area contributed by atoms with Crippen LogP contribution in [0.5, 0.6) is 0 Å². The lowest BCUT2D eigenvalue weighted by Gasteiger charge is -2.45. The number of hydrogen-bond acceptors (Lipinski definition) is 7. The van der Waals surface area contributed by atoms with E-state index in [1.54, 1.807) is 47.4 Å². The van der Waals surface area contributed by atoms with Gasteiger partial charge in [0, 0.05) is 40.4 Å². The van der Waals surface area contributed by atoms with Crippen molar-refractivity contribution >= 4 is 52.9 Å². The Balaban J connectivity index is 1.41. The van der Waals surface area contributed by atoms with Crippen molar-refractivity contribution in [2.45, 2.75) is 30.9 Å². The quantitative estimate of drug-likeness (QED) is 0.309. The molecule has 228 valence electrons. The number of hydrogen-bond donors (Lipinski definition) is 4. The zero-order valence-electron chi connectivity index (χ0n) is 23.7. The molecule has 0 radical (unpaired) electrons. The summed E-state index contributed by atoms with van der Waals surface area (Å²) in [6.45, 7) is 0.440. The Bertz CT molecular complexity index is 1610. The van der Waals surface area contributed by atoms with E-state index in [1.165, 1.54) is 31.4 Å². The lowest BCUT2D eigenvalue weighted by atomic mass is 9.83. The van der Waals surface area contributed by atoms with Crippen LogP contribution in [0.25, 0.3) is 0 Å². The standard InChI is InChI=1S/C31H30ClN5O7/c1-43-29(41)34-22-10-7-20(8-11-22)27(39)35-25(15-18-3-5-19(6-4-18)26(33)38)28(40)37-14-2-13-31(17-37)23-16-21(32)9-12-24(23)36-30(42)44-31/h3-12,16,25H,2,13-15,17H2,1H3,(H2,33,38)(H,34,41)(H,35,39)(H,36,42)/t25-,31-/m0/s1. The number of nitrogens with two attached hydrogens (primary N) is 1. The molecule has 1 saturated heterocycles. The van der Waals surface area contributed by atoms with Gasteiger partial charge in [-0.3, -0.25) is 25.0 Å². The van der Waals surface area contributed by atoms with E-state index in [0.29, 0.717) is 52.5 Å². The molecule has 13 heteroatoms. The molecule has 0 saturated carbocycles. The third kappa shape index (κ3) is 6.60. The predicted octanol–water partition coefficient (Wildman–Crippen LogP) is 4.04. The number of nitrogens with one attached hydrogen (secondary N) is 3. The van der Waals surface area contributed by atoms with Crippen molar-refractivity contribution in [2.24, 2.45) is 5.73 Å². The zero-order chi connectivity index (χ0) is 31.4. The molecule has 5 amide bonds. The third-order valence-corrected chi connectivity index (χ3v) is 7.86. The SMILES string of the molecule is COC(=O)Nc1ccc(C(=O)N[C@@H](Cc2ccc(C(N)=O)cc2)C(=O)N2CCC[C@@]3(C2)OC(=O)Nc2ccc(Cl)cc23)cc1. The Morgan fingerprint density at radius 3 is 2.45 bits per heavy atom. The number of methoxy groups -OCH3 is 1. The number of piperidine rings is 1. The van der Waals surface area contributed by atoms with Crippen molar-refractivity contribution in [3.05, 3.63) is 94.0 Å². The van der Waals surface area contributed by atoms with Crippen molar-refractivity contribution in [2.75, 3.05) is 30.8 Å². The molecule has 3 aromatic rings. The molecular weight excluding hydrogens is 590 g/mol. The number of nitrogens with zero attached hydrogens (tertiary/aromatic N) is 1. The van der Waals surface area contributed by atoms with Gasteiger partial charge in [0.15, 0.2) is 5.60 Å². The van der Waals surface area contributed by atoms with Crippen LogP contribution in [0.1, 0.15) is 44.7 Å². The number of fused-ring (bicyclic) bond motifs is 2. The van der Waals surface area contributed by atoms with Crippen LogP contribution >= 0.6 is 11.6 Å². The van der Waals surface area contributed by atoms with Crippen LogP contribution in [0.4, 0.5) is 21.0 Å². The Kier molecular flexibility index (Phi) is 8.72. The second-order valence-electron chi connectivity index (χ2n) is 10.5. The van der Waals surface area contributed by atoms with Gasteiger partial charge in [-0.25, -0.2) is 9.59 Å². The molecule has 2 aliphatic rings. The summed E-state index contributed by atoms with van der Waals surface area (Å²) in [4.78, 5) is 64.7. The van der Waals surface area contributed by atoms with Gasteiger partial charge >= 0.3 is 12.2 Å². The Labute approximate surface area is 257 Å². The lowest BCUT2D eigenvalue weighted by Crippen LogP contribution is -2.57. The highest BCUT2D eigenvalue weighted by Crippen LogP contribution is 2.43. The number of anilines is 2. The van der Waals surface area contributed by atoms with Crippen molar-refractivity contribution in [3.63, 3.8) is 0 Å². The molecule has 3 aromatic carbocycles. The van der Waals surface area contributed by atoms with Crippen molar-refractivity contribution in [1.82, 2.24) is 10.2 Å². The number of carbonyl (C=O) groups excluding carboxylic acids is 5. The number of primary amides is 1. The minimum absolute atomic E-state index is 0.0630. The van der Waals surface area contributed by atoms with E-state index >= 15 is 0 Å². The predicted molar refractivity (Wildman–Crippen MR) is 161 cm³/mol. The Hall–Kier alpha value is -5.10. The second kappa shape index (κ2) is 12.6. The van der Waals surface area contributed by atoms with Crippen molar-refractivity contribution < 1.29 is 33.4 Å². The lowest BCUT2D eigenvalue weighted by molar-refractivity contribution is -0.141. The van der Waals surface area contributed by atoms with E-state index < -0.39 is 35.6 Å². The molecule has 1 fully saturated rings. The van der Waals surface area contributed by atoms with Crippen LogP contribution in [-0.2, 0) is 26.3 Å². The maximum atomic E-state index is 14.1. The monoisotopic (exact) mass is 619 g/mol. The van der Waals surface area contributed by atoms with Gasteiger partial charge < -0.3 is 25.4 Å². The normalized spacial score (nSPS) is 17.9. The van der Waals surface area contributed by atoms with Gasteiger partial charge in [0.1, 0.15) is 6.04 Å². The van der Waals surface area contributed by atoms with E-state index in [-0.39, 0.29) is 24.4 Å². The largest absolute Gasteiger partial charge is 0.453 e. The molecular formula is C31H30ClN5O7. The van der Waals surface area contributed by atoms with E-state index in [2.05, 4.69) is 20.7 Å². The molecule has 5 N–H and O–H groups in total. The highest BCUT2D eigenvalue weighted by molar-refractivity contribution is 6.30. The molecule has 2 heterocycles. The minimum atomic E-state index is -1.11. The molecule has 0 aliphatic carbocycles.